The van der Waals surface area contributed by atoms with Gasteiger partial charge >= 0.3 is 0 Å². The summed E-state index contributed by atoms with van der Waals surface area (Å²) in [6.45, 7) is 14.6. The third-order valence-corrected chi connectivity index (χ3v) is 5.86. The van der Waals surface area contributed by atoms with Gasteiger partial charge in [0.2, 0.25) is 0 Å². The molecular formula is C14H26N2O. The molecule has 4 fully saturated rings. The zero-order valence-electron chi connectivity index (χ0n) is 11.6. The molecule has 0 radical (unpaired) electrons. The minimum Gasteiger partial charge on any atom is -0.392 e. The topological polar surface area (TPSA) is 26.7 Å². The van der Waals surface area contributed by atoms with E-state index in [1.165, 1.54) is 0 Å². The second kappa shape index (κ2) is 3.46. The monoisotopic (exact) mass is 238 g/mol. The molecule has 17 heavy (non-hydrogen) atoms. The second-order valence-electron chi connectivity index (χ2n) is 7.29. The van der Waals surface area contributed by atoms with Crippen LogP contribution in [0.5, 0.6) is 0 Å². The smallest absolute Gasteiger partial charge is 0.0706 e. The normalized spacial score (nSPS) is 52.8. The van der Waals surface area contributed by atoms with Gasteiger partial charge in [-0.15, -0.1) is 0 Å². The lowest BCUT2D eigenvalue weighted by molar-refractivity contribution is -0.263. The van der Waals surface area contributed by atoms with Crippen LogP contribution < -0.4 is 0 Å². The van der Waals surface area contributed by atoms with E-state index >= 15 is 0 Å². The maximum atomic E-state index is 11.0. The summed E-state index contributed by atoms with van der Waals surface area (Å²) in [5.74, 6) is 1.11. The molecule has 0 aliphatic carbocycles. The maximum Gasteiger partial charge on any atom is 0.0706 e. The Morgan fingerprint density at radius 2 is 1.24 bits per heavy atom. The highest BCUT2D eigenvalue weighted by Gasteiger charge is 2.64. The van der Waals surface area contributed by atoms with Gasteiger partial charge in [-0.3, -0.25) is 9.80 Å². The van der Waals surface area contributed by atoms with Gasteiger partial charge in [0.05, 0.1) is 12.8 Å². The highest BCUT2D eigenvalue weighted by atomic mass is 16.3. The van der Waals surface area contributed by atoms with Gasteiger partial charge in [0.25, 0.3) is 0 Å². The molecule has 3 heteroatoms. The van der Waals surface area contributed by atoms with Gasteiger partial charge < -0.3 is 5.11 Å². The molecule has 0 atom stereocenters. The lowest BCUT2D eigenvalue weighted by atomic mass is 9.53. The number of rotatable bonds is 2. The van der Waals surface area contributed by atoms with Crippen LogP contribution in [-0.2, 0) is 0 Å². The first-order valence-electron chi connectivity index (χ1n) is 7.03. The summed E-state index contributed by atoms with van der Waals surface area (Å²) in [6.07, 6.45) is -0.122. The van der Waals surface area contributed by atoms with Crippen LogP contribution in [0.25, 0.3) is 0 Å². The van der Waals surface area contributed by atoms with E-state index in [-0.39, 0.29) is 16.9 Å². The molecule has 1 N–H and O–H groups in total. The summed E-state index contributed by atoms with van der Waals surface area (Å²) in [7, 11) is 0. The molecule has 0 unspecified atom stereocenters. The van der Waals surface area contributed by atoms with Crippen LogP contribution in [0.1, 0.15) is 27.7 Å². The lowest BCUT2D eigenvalue weighted by Crippen LogP contribution is -2.79. The molecule has 0 aromatic rings. The van der Waals surface area contributed by atoms with Crippen molar-refractivity contribution < 1.29 is 5.11 Å². The van der Waals surface area contributed by atoms with Gasteiger partial charge in [0.15, 0.2) is 0 Å². The molecule has 4 heterocycles. The highest BCUT2D eigenvalue weighted by Crippen LogP contribution is 2.55. The molecule has 0 saturated carbocycles. The van der Waals surface area contributed by atoms with E-state index in [1.54, 1.807) is 0 Å². The average molecular weight is 238 g/mol. The third kappa shape index (κ3) is 1.33. The fourth-order valence-electron chi connectivity index (χ4n) is 4.64. The first-order valence-corrected chi connectivity index (χ1v) is 7.03. The molecule has 0 aromatic heterocycles. The third-order valence-electron chi connectivity index (χ3n) is 5.86. The van der Waals surface area contributed by atoms with E-state index in [9.17, 15) is 5.11 Å². The summed E-state index contributed by atoms with van der Waals surface area (Å²) >= 11 is 0. The summed E-state index contributed by atoms with van der Waals surface area (Å²) in [6, 6.07) is 0. The Kier molecular flexibility index (Phi) is 2.43. The molecule has 4 rings (SSSR count). The molecule has 3 nitrogen and oxygen atoms in total. The van der Waals surface area contributed by atoms with Gasteiger partial charge in [0.1, 0.15) is 0 Å². The highest BCUT2D eigenvalue weighted by molar-refractivity contribution is 5.15. The Labute approximate surface area is 105 Å². The Hall–Kier alpha value is -0.120. The van der Waals surface area contributed by atoms with Crippen LogP contribution in [0, 0.1) is 22.7 Å². The number of hydrogen-bond acceptors (Lipinski definition) is 3. The van der Waals surface area contributed by atoms with Crippen LogP contribution >= 0.6 is 0 Å². The van der Waals surface area contributed by atoms with Crippen molar-refractivity contribution in [2.24, 2.45) is 22.7 Å². The van der Waals surface area contributed by atoms with Crippen molar-refractivity contribution in [1.29, 1.82) is 0 Å². The van der Waals surface area contributed by atoms with Crippen LogP contribution in [0.2, 0.25) is 0 Å². The number of aliphatic hydroxyl groups excluding tert-OH is 1. The van der Waals surface area contributed by atoms with E-state index in [1.807, 2.05) is 0 Å². The standard InChI is InChI=1S/C14H26N2O/c1-10(2)13-5-15-7-14(11(3)4,12(13)17)8-16(6-13)9-15/h10-12,17H,5-9H2,1-4H3. The summed E-state index contributed by atoms with van der Waals surface area (Å²) in [5, 5.41) is 11.0. The predicted molar refractivity (Wildman–Crippen MR) is 68.6 cm³/mol. The predicted octanol–water partition coefficient (Wildman–Crippen LogP) is 1.23. The van der Waals surface area contributed by atoms with Gasteiger partial charge in [-0.2, -0.15) is 0 Å². The van der Waals surface area contributed by atoms with Crippen LogP contribution in [0.4, 0.5) is 0 Å². The molecule has 0 spiro atoms. The zero-order valence-corrected chi connectivity index (χ0v) is 11.6. The molecule has 0 amide bonds. The largest absolute Gasteiger partial charge is 0.392 e. The molecule has 4 saturated heterocycles. The Morgan fingerprint density at radius 1 is 0.882 bits per heavy atom. The number of hydrogen-bond donors (Lipinski definition) is 1. The van der Waals surface area contributed by atoms with Gasteiger partial charge in [0, 0.05) is 37.0 Å². The van der Waals surface area contributed by atoms with Gasteiger partial charge in [-0.05, 0) is 11.8 Å². The van der Waals surface area contributed by atoms with Crippen molar-refractivity contribution >= 4 is 0 Å². The van der Waals surface area contributed by atoms with E-state index < -0.39 is 0 Å². The number of piperidine rings is 2. The van der Waals surface area contributed by atoms with Crippen molar-refractivity contribution in [1.82, 2.24) is 9.80 Å². The van der Waals surface area contributed by atoms with Crippen molar-refractivity contribution in [2.75, 3.05) is 32.8 Å². The van der Waals surface area contributed by atoms with E-state index in [0.717, 1.165) is 32.8 Å². The van der Waals surface area contributed by atoms with Crippen molar-refractivity contribution in [2.45, 2.75) is 33.8 Å². The summed E-state index contributed by atoms with van der Waals surface area (Å²) < 4.78 is 0. The van der Waals surface area contributed by atoms with E-state index in [0.29, 0.717) is 11.8 Å². The number of nitrogens with zero attached hydrogens (tertiary/aromatic N) is 2. The van der Waals surface area contributed by atoms with Gasteiger partial charge in [-0.25, -0.2) is 0 Å². The summed E-state index contributed by atoms with van der Waals surface area (Å²) in [4.78, 5) is 5.14. The molecule has 4 aliphatic rings. The van der Waals surface area contributed by atoms with E-state index in [2.05, 4.69) is 37.5 Å². The van der Waals surface area contributed by atoms with Crippen molar-refractivity contribution in [3.8, 4) is 0 Å². The molecular weight excluding hydrogens is 212 g/mol. The second-order valence-corrected chi connectivity index (χ2v) is 7.29. The summed E-state index contributed by atoms with van der Waals surface area (Å²) in [5.41, 5.74) is 0.220. The lowest BCUT2D eigenvalue weighted by Gasteiger charge is -2.69. The fourth-order valence-corrected chi connectivity index (χ4v) is 4.64. The van der Waals surface area contributed by atoms with Crippen molar-refractivity contribution in [3.63, 3.8) is 0 Å². The zero-order chi connectivity index (χ0) is 12.4. The van der Waals surface area contributed by atoms with Crippen LogP contribution in [0.15, 0.2) is 0 Å². The maximum absolute atomic E-state index is 11.0. The average Bonchev–Trinajstić information content (AvgIpc) is 2.23. The first-order chi connectivity index (χ1) is 7.91. The molecule has 4 aliphatic heterocycles. The Morgan fingerprint density at radius 3 is 1.53 bits per heavy atom. The molecule has 98 valence electrons. The fraction of sp³-hybridized carbons (Fsp3) is 1.00. The van der Waals surface area contributed by atoms with Crippen molar-refractivity contribution in [3.05, 3.63) is 0 Å². The SMILES string of the molecule is CC(C)C12CN3CN(C1)CC(C(C)C)(C3)C2O. The first kappa shape index (κ1) is 11.9. The number of aliphatic hydroxyl groups is 1. The van der Waals surface area contributed by atoms with Gasteiger partial charge in [-0.1, -0.05) is 27.7 Å². The Balaban J connectivity index is 2.05. The van der Waals surface area contributed by atoms with Crippen LogP contribution in [-0.4, -0.2) is 53.9 Å². The minimum atomic E-state index is -0.122. The molecule has 0 aromatic carbocycles. The quantitative estimate of drug-likeness (QED) is 0.784. The Bertz CT molecular complexity index is 284. The molecule has 4 bridgehead atoms. The minimum absolute atomic E-state index is 0.110. The van der Waals surface area contributed by atoms with E-state index in [4.69, 9.17) is 0 Å². The van der Waals surface area contributed by atoms with Crippen LogP contribution in [0.3, 0.4) is 0 Å².